The highest BCUT2D eigenvalue weighted by atomic mass is 16.3. The maximum absolute atomic E-state index is 11.8. The second kappa shape index (κ2) is 6.01. The zero-order chi connectivity index (χ0) is 18.3. The lowest BCUT2D eigenvalue weighted by Crippen LogP contribution is -1.97. The lowest BCUT2D eigenvalue weighted by molar-refractivity contribution is 0.111. The minimum absolute atomic E-state index is 0.0857. The first-order chi connectivity index (χ1) is 12.7. The summed E-state index contributed by atoms with van der Waals surface area (Å²) in [5, 5.41) is 23.6. The van der Waals surface area contributed by atoms with Gasteiger partial charge in [0.05, 0.1) is 11.1 Å². The molecule has 0 aliphatic heterocycles. The molecule has 0 atom stereocenters. The van der Waals surface area contributed by atoms with Crippen LogP contribution in [0.1, 0.15) is 20.7 Å². The molecule has 0 fully saturated rings. The Bertz CT molecular complexity index is 1100. The summed E-state index contributed by atoms with van der Waals surface area (Å²) in [5.74, 6) is -0.337. The van der Waals surface area contributed by atoms with Crippen molar-refractivity contribution in [2.75, 3.05) is 0 Å². The fourth-order valence-corrected chi connectivity index (χ4v) is 3.47. The maximum atomic E-state index is 11.8. The molecule has 0 aliphatic rings. The predicted octanol–water partition coefficient (Wildman–Crippen LogP) is 4.70. The Kier molecular flexibility index (Phi) is 3.66. The van der Waals surface area contributed by atoms with Gasteiger partial charge < -0.3 is 10.2 Å². The lowest BCUT2D eigenvalue weighted by Gasteiger charge is -2.17. The molecule has 0 saturated carbocycles. The summed E-state index contributed by atoms with van der Waals surface area (Å²) in [6.45, 7) is 0. The molecule has 0 radical (unpaired) electrons. The van der Waals surface area contributed by atoms with E-state index in [1.54, 1.807) is 0 Å². The van der Waals surface area contributed by atoms with E-state index in [0.717, 1.165) is 10.8 Å². The van der Waals surface area contributed by atoms with Crippen LogP contribution in [0, 0.1) is 0 Å². The molecule has 0 heterocycles. The third-order valence-corrected chi connectivity index (χ3v) is 4.62. The van der Waals surface area contributed by atoms with Crippen LogP contribution >= 0.6 is 0 Å². The van der Waals surface area contributed by atoms with Crippen LogP contribution in [0.4, 0.5) is 0 Å². The Morgan fingerprint density at radius 3 is 1.38 bits per heavy atom. The first kappa shape index (κ1) is 15.8. The second-order valence-electron chi connectivity index (χ2n) is 6.05. The third-order valence-electron chi connectivity index (χ3n) is 4.62. The number of phenols is 2. The molecular formula is C22H14O4. The SMILES string of the molecule is O=Cc1c(O)cc2ccccc2c1-c1c(C=O)c(O)cc2ccccc12. The van der Waals surface area contributed by atoms with Gasteiger partial charge in [-0.2, -0.15) is 0 Å². The number of carbonyl (C=O) groups excluding carboxylic acids is 2. The van der Waals surface area contributed by atoms with Gasteiger partial charge in [-0.3, -0.25) is 9.59 Å². The van der Waals surface area contributed by atoms with Crippen molar-refractivity contribution in [1.29, 1.82) is 0 Å². The van der Waals surface area contributed by atoms with E-state index in [9.17, 15) is 19.8 Å². The van der Waals surface area contributed by atoms with Crippen molar-refractivity contribution in [2.45, 2.75) is 0 Å². The number of hydrogen-bond acceptors (Lipinski definition) is 4. The van der Waals surface area contributed by atoms with Crippen LogP contribution in [-0.2, 0) is 0 Å². The molecule has 26 heavy (non-hydrogen) atoms. The van der Waals surface area contributed by atoms with Gasteiger partial charge in [0.25, 0.3) is 0 Å². The Balaban J connectivity index is 2.31. The average molecular weight is 342 g/mol. The molecule has 2 N–H and O–H groups in total. The van der Waals surface area contributed by atoms with Gasteiger partial charge in [0.2, 0.25) is 0 Å². The number of aldehydes is 2. The summed E-state index contributed by atoms with van der Waals surface area (Å²) in [4.78, 5) is 23.5. The molecule has 0 aliphatic carbocycles. The Morgan fingerprint density at radius 2 is 1.00 bits per heavy atom. The van der Waals surface area contributed by atoms with Crippen LogP contribution in [0.25, 0.3) is 32.7 Å². The van der Waals surface area contributed by atoms with Crippen LogP contribution in [0.15, 0.2) is 60.7 Å². The van der Waals surface area contributed by atoms with Gasteiger partial charge in [-0.25, -0.2) is 0 Å². The van der Waals surface area contributed by atoms with Crippen LogP contribution in [-0.4, -0.2) is 22.8 Å². The van der Waals surface area contributed by atoms with E-state index in [1.807, 2.05) is 48.5 Å². The molecular weight excluding hydrogens is 328 g/mol. The summed E-state index contributed by atoms with van der Waals surface area (Å²) in [7, 11) is 0. The van der Waals surface area contributed by atoms with Crippen LogP contribution in [0.3, 0.4) is 0 Å². The molecule has 0 unspecified atom stereocenters. The standard InChI is InChI=1S/C22H14O4/c23-11-17-19(25)9-13-5-1-3-7-15(13)21(17)22-16-8-4-2-6-14(16)10-20(26)18(22)12-24/h1-12,25-26H. The first-order valence-electron chi connectivity index (χ1n) is 8.06. The average Bonchev–Trinajstić information content (AvgIpc) is 2.66. The highest BCUT2D eigenvalue weighted by molar-refractivity contribution is 6.16. The number of fused-ring (bicyclic) bond motifs is 2. The molecule has 4 aromatic carbocycles. The van der Waals surface area contributed by atoms with E-state index in [-0.39, 0.29) is 22.6 Å². The van der Waals surface area contributed by atoms with Crippen molar-refractivity contribution in [3.05, 3.63) is 71.8 Å². The number of hydrogen-bond donors (Lipinski definition) is 2. The summed E-state index contributed by atoms with van der Waals surface area (Å²) < 4.78 is 0. The molecule has 4 heteroatoms. The molecule has 4 rings (SSSR count). The Morgan fingerprint density at radius 1 is 0.615 bits per heavy atom. The summed E-state index contributed by atoms with van der Waals surface area (Å²) >= 11 is 0. The molecule has 0 saturated heterocycles. The number of aromatic hydroxyl groups is 2. The summed E-state index contributed by atoms with van der Waals surface area (Å²) in [5.41, 5.74) is 1.04. The van der Waals surface area contributed by atoms with E-state index >= 15 is 0 Å². The van der Waals surface area contributed by atoms with Crippen LogP contribution in [0.2, 0.25) is 0 Å². The zero-order valence-electron chi connectivity index (χ0n) is 13.6. The van der Waals surface area contributed by atoms with E-state index < -0.39 is 0 Å². The number of phenolic OH excluding ortho intramolecular Hbond substituents is 2. The van der Waals surface area contributed by atoms with Crippen molar-refractivity contribution in [3.63, 3.8) is 0 Å². The molecule has 0 amide bonds. The fourth-order valence-electron chi connectivity index (χ4n) is 3.47. The minimum Gasteiger partial charge on any atom is -0.507 e. The van der Waals surface area contributed by atoms with Gasteiger partial charge in [0, 0.05) is 11.1 Å². The molecule has 4 aromatic rings. The number of rotatable bonds is 3. The third kappa shape index (κ3) is 2.24. The molecule has 4 nitrogen and oxygen atoms in total. The fraction of sp³-hybridized carbons (Fsp3) is 0. The summed E-state index contributed by atoms with van der Waals surface area (Å²) in [6.07, 6.45) is 1.15. The van der Waals surface area contributed by atoms with Gasteiger partial charge >= 0.3 is 0 Å². The molecule has 0 spiro atoms. The topological polar surface area (TPSA) is 74.6 Å². The minimum atomic E-state index is -0.169. The first-order valence-corrected chi connectivity index (χ1v) is 8.06. The van der Waals surface area contributed by atoms with E-state index in [1.165, 1.54) is 12.1 Å². The van der Waals surface area contributed by atoms with Crippen molar-refractivity contribution in [3.8, 4) is 22.6 Å². The highest BCUT2D eigenvalue weighted by Gasteiger charge is 2.21. The van der Waals surface area contributed by atoms with Crippen molar-refractivity contribution in [1.82, 2.24) is 0 Å². The van der Waals surface area contributed by atoms with Crippen molar-refractivity contribution >= 4 is 34.1 Å². The van der Waals surface area contributed by atoms with E-state index in [4.69, 9.17) is 0 Å². The lowest BCUT2D eigenvalue weighted by atomic mass is 9.87. The van der Waals surface area contributed by atoms with Gasteiger partial charge in [0.1, 0.15) is 11.5 Å². The van der Waals surface area contributed by atoms with Crippen molar-refractivity contribution < 1.29 is 19.8 Å². The van der Waals surface area contributed by atoms with Crippen LogP contribution < -0.4 is 0 Å². The smallest absolute Gasteiger partial charge is 0.154 e. The predicted molar refractivity (Wildman–Crippen MR) is 101 cm³/mol. The molecule has 0 aromatic heterocycles. The van der Waals surface area contributed by atoms with Crippen molar-refractivity contribution in [2.24, 2.45) is 0 Å². The monoisotopic (exact) mass is 342 g/mol. The zero-order valence-corrected chi connectivity index (χ0v) is 13.6. The second-order valence-corrected chi connectivity index (χ2v) is 6.05. The Labute approximate surface area is 148 Å². The number of carbonyl (C=O) groups is 2. The summed E-state index contributed by atoms with van der Waals surface area (Å²) in [6, 6.07) is 17.6. The van der Waals surface area contributed by atoms with Crippen LogP contribution in [0.5, 0.6) is 11.5 Å². The largest absolute Gasteiger partial charge is 0.507 e. The normalized spacial score (nSPS) is 10.9. The molecule has 0 bridgehead atoms. The van der Waals surface area contributed by atoms with E-state index in [2.05, 4.69) is 0 Å². The van der Waals surface area contributed by atoms with Gasteiger partial charge in [0.15, 0.2) is 12.6 Å². The quantitative estimate of drug-likeness (QED) is 0.529. The van der Waals surface area contributed by atoms with Gasteiger partial charge in [-0.05, 0) is 33.7 Å². The number of benzene rings is 4. The Hall–Kier alpha value is -3.66. The highest BCUT2D eigenvalue weighted by Crippen LogP contribution is 2.43. The van der Waals surface area contributed by atoms with Gasteiger partial charge in [-0.15, -0.1) is 0 Å². The van der Waals surface area contributed by atoms with E-state index in [0.29, 0.717) is 34.5 Å². The maximum Gasteiger partial charge on any atom is 0.154 e. The molecule has 126 valence electrons. The van der Waals surface area contributed by atoms with Gasteiger partial charge in [-0.1, -0.05) is 48.5 Å².